The fourth-order valence-electron chi connectivity index (χ4n) is 1.92. The molecule has 1 aromatic rings. The predicted molar refractivity (Wildman–Crippen MR) is 68.2 cm³/mol. The number of aromatic hydroxyl groups is 1. The van der Waals surface area contributed by atoms with Crippen LogP contribution in [0.1, 0.15) is 37.5 Å². The second-order valence-corrected chi connectivity index (χ2v) is 5.25. The summed E-state index contributed by atoms with van der Waals surface area (Å²) in [4.78, 5) is 0. The van der Waals surface area contributed by atoms with Crippen LogP contribution in [0.3, 0.4) is 0 Å². The lowest BCUT2D eigenvalue weighted by molar-refractivity contribution is 0.178. The van der Waals surface area contributed by atoms with E-state index in [0.717, 1.165) is 11.1 Å². The van der Waals surface area contributed by atoms with Crippen LogP contribution in [0, 0.1) is 0 Å². The maximum atomic E-state index is 9.90. The highest BCUT2D eigenvalue weighted by Gasteiger charge is 2.20. The molecule has 0 fully saturated rings. The number of hydrogen-bond acceptors (Lipinski definition) is 3. The van der Waals surface area contributed by atoms with Gasteiger partial charge in [0, 0.05) is 19.8 Å². The third-order valence-electron chi connectivity index (χ3n) is 2.71. The van der Waals surface area contributed by atoms with E-state index in [1.165, 1.54) is 5.56 Å². The molecule has 3 heteroatoms. The van der Waals surface area contributed by atoms with E-state index < -0.39 is 0 Å². The normalized spacial score (nSPS) is 11.8. The second-order valence-electron chi connectivity index (χ2n) is 5.25. The van der Waals surface area contributed by atoms with E-state index in [0.29, 0.717) is 13.2 Å². The Morgan fingerprint density at radius 3 is 2.00 bits per heavy atom. The van der Waals surface area contributed by atoms with Gasteiger partial charge in [0.1, 0.15) is 5.75 Å². The fraction of sp³-hybridized carbons (Fsp3) is 0.571. The molecule has 0 atom stereocenters. The monoisotopic (exact) mass is 238 g/mol. The summed E-state index contributed by atoms with van der Waals surface area (Å²) >= 11 is 0. The Bertz CT molecular complexity index is 378. The van der Waals surface area contributed by atoms with Crippen LogP contribution in [0.2, 0.25) is 0 Å². The van der Waals surface area contributed by atoms with Crippen molar-refractivity contribution in [3.05, 3.63) is 28.8 Å². The van der Waals surface area contributed by atoms with Crippen molar-refractivity contribution in [2.24, 2.45) is 0 Å². The van der Waals surface area contributed by atoms with Gasteiger partial charge in [-0.05, 0) is 28.7 Å². The van der Waals surface area contributed by atoms with E-state index in [1.807, 2.05) is 6.07 Å². The number of ether oxygens (including phenoxy) is 2. The highest BCUT2D eigenvalue weighted by Crippen LogP contribution is 2.32. The van der Waals surface area contributed by atoms with Gasteiger partial charge in [0.25, 0.3) is 0 Å². The Labute approximate surface area is 103 Å². The Hall–Kier alpha value is -1.06. The molecule has 0 aliphatic carbocycles. The summed E-state index contributed by atoms with van der Waals surface area (Å²) in [7, 11) is 3.28. The average molecular weight is 238 g/mol. The second kappa shape index (κ2) is 5.52. The molecule has 1 aromatic carbocycles. The van der Waals surface area contributed by atoms with E-state index in [-0.39, 0.29) is 11.2 Å². The Balaban J connectivity index is 3.26. The first-order valence-corrected chi connectivity index (χ1v) is 5.73. The molecule has 1 N–H and O–H groups in total. The molecule has 0 saturated carbocycles. The summed E-state index contributed by atoms with van der Waals surface area (Å²) in [5, 5.41) is 9.90. The van der Waals surface area contributed by atoms with Crippen molar-refractivity contribution >= 4 is 0 Å². The first-order chi connectivity index (χ1) is 7.90. The van der Waals surface area contributed by atoms with Gasteiger partial charge >= 0.3 is 0 Å². The zero-order valence-corrected chi connectivity index (χ0v) is 11.3. The van der Waals surface area contributed by atoms with E-state index in [9.17, 15) is 5.11 Å². The van der Waals surface area contributed by atoms with Gasteiger partial charge in [-0.3, -0.25) is 0 Å². The van der Waals surface area contributed by atoms with Crippen LogP contribution >= 0.6 is 0 Å². The minimum atomic E-state index is 0.0179. The van der Waals surface area contributed by atoms with Gasteiger partial charge in [-0.1, -0.05) is 20.8 Å². The van der Waals surface area contributed by atoms with Gasteiger partial charge in [-0.15, -0.1) is 0 Å². The number of hydrogen-bond donors (Lipinski definition) is 1. The van der Waals surface area contributed by atoms with Gasteiger partial charge in [0.05, 0.1) is 13.2 Å². The SMILES string of the molecule is COCc1cc(C(C)(C)C)c(COC)cc1O. The van der Waals surface area contributed by atoms with E-state index in [2.05, 4.69) is 20.8 Å². The number of phenols is 1. The number of phenolic OH excluding ortho intramolecular Hbond substituents is 1. The molecule has 0 aliphatic heterocycles. The first kappa shape index (κ1) is 14.0. The van der Waals surface area contributed by atoms with Gasteiger partial charge in [0.2, 0.25) is 0 Å². The zero-order chi connectivity index (χ0) is 13.1. The summed E-state index contributed by atoms with van der Waals surface area (Å²) in [5.41, 5.74) is 3.04. The lowest BCUT2D eigenvalue weighted by Crippen LogP contribution is -2.15. The summed E-state index contributed by atoms with van der Waals surface area (Å²) in [5.74, 6) is 0.270. The van der Waals surface area contributed by atoms with Gasteiger partial charge in [-0.25, -0.2) is 0 Å². The molecule has 0 saturated heterocycles. The Kier molecular flexibility index (Phi) is 4.54. The molecule has 0 spiro atoms. The van der Waals surface area contributed by atoms with Gasteiger partial charge in [0.15, 0.2) is 0 Å². The van der Waals surface area contributed by atoms with E-state index in [4.69, 9.17) is 9.47 Å². The molecule has 3 nitrogen and oxygen atoms in total. The van der Waals surface area contributed by atoms with Crippen molar-refractivity contribution in [1.29, 1.82) is 0 Å². The Morgan fingerprint density at radius 1 is 1.00 bits per heavy atom. The van der Waals surface area contributed by atoms with Crippen molar-refractivity contribution < 1.29 is 14.6 Å². The van der Waals surface area contributed by atoms with Crippen LogP contribution in [0.4, 0.5) is 0 Å². The van der Waals surface area contributed by atoms with Crippen LogP contribution in [0.25, 0.3) is 0 Å². The molecule has 0 heterocycles. The standard InChI is InChI=1S/C14H22O3/c1-14(2,3)12-6-11(9-17-5)13(15)7-10(12)8-16-4/h6-7,15H,8-9H2,1-5H3. The van der Waals surface area contributed by atoms with Crippen molar-refractivity contribution in [2.75, 3.05) is 14.2 Å². The lowest BCUT2D eigenvalue weighted by atomic mass is 9.82. The fourth-order valence-corrected chi connectivity index (χ4v) is 1.92. The molecule has 0 aliphatic rings. The molecule has 0 aromatic heterocycles. The highest BCUT2D eigenvalue weighted by atomic mass is 16.5. The van der Waals surface area contributed by atoms with Gasteiger partial charge < -0.3 is 14.6 Å². The van der Waals surface area contributed by atoms with Crippen LogP contribution in [-0.4, -0.2) is 19.3 Å². The number of benzene rings is 1. The molecule has 1 rings (SSSR count). The molecule has 0 bridgehead atoms. The van der Waals surface area contributed by atoms with Gasteiger partial charge in [-0.2, -0.15) is 0 Å². The topological polar surface area (TPSA) is 38.7 Å². The molecule has 96 valence electrons. The minimum absolute atomic E-state index is 0.0179. The Morgan fingerprint density at radius 2 is 1.53 bits per heavy atom. The summed E-state index contributed by atoms with van der Waals surface area (Å²) in [6, 6.07) is 3.78. The minimum Gasteiger partial charge on any atom is -0.508 e. The van der Waals surface area contributed by atoms with Crippen LogP contribution in [0.5, 0.6) is 5.75 Å². The van der Waals surface area contributed by atoms with Crippen molar-refractivity contribution in [3.8, 4) is 5.75 Å². The zero-order valence-electron chi connectivity index (χ0n) is 11.3. The molecule has 17 heavy (non-hydrogen) atoms. The van der Waals surface area contributed by atoms with E-state index >= 15 is 0 Å². The third-order valence-corrected chi connectivity index (χ3v) is 2.71. The average Bonchev–Trinajstić information content (AvgIpc) is 2.20. The first-order valence-electron chi connectivity index (χ1n) is 5.73. The maximum Gasteiger partial charge on any atom is 0.121 e. The van der Waals surface area contributed by atoms with Crippen molar-refractivity contribution in [1.82, 2.24) is 0 Å². The number of rotatable bonds is 4. The smallest absolute Gasteiger partial charge is 0.121 e. The van der Waals surface area contributed by atoms with Crippen molar-refractivity contribution in [2.45, 2.75) is 39.4 Å². The predicted octanol–water partition coefficient (Wildman–Crippen LogP) is 2.98. The quantitative estimate of drug-likeness (QED) is 0.876. The summed E-state index contributed by atoms with van der Waals surface area (Å²) in [6.45, 7) is 7.37. The molecular weight excluding hydrogens is 216 g/mol. The molecule has 0 radical (unpaired) electrons. The van der Waals surface area contributed by atoms with E-state index in [1.54, 1.807) is 20.3 Å². The molecule has 0 amide bonds. The number of methoxy groups -OCH3 is 2. The summed E-state index contributed by atoms with van der Waals surface area (Å²) < 4.78 is 10.3. The molecular formula is C14H22O3. The largest absolute Gasteiger partial charge is 0.508 e. The molecule has 0 unspecified atom stereocenters. The lowest BCUT2D eigenvalue weighted by Gasteiger charge is -2.24. The third kappa shape index (κ3) is 3.45. The maximum absolute atomic E-state index is 9.90. The van der Waals surface area contributed by atoms with Crippen LogP contribution < -0.4 is 0 Å². The summed E-state index contributed by atoms with van der Waals surface area (Å²) in [6.07, 6.45) is 0. The highest BCUT2D eigenvalue weighted by molar-refractivity contribution is 5.44. The van der Waals surface area contributed by atoms with Crippen LogP contribution in [0.15, 0.2) is 12.1 Å². The van der Waals surface area contributed by atoms with Crippen molar-refractivity contribution in [3.63, 3.8) is 0 Å². The van der Waals surface area contributed by atoms with Crippen LogP contribution in [-0.2, 0) is 28.1 Å².